The molecule has 1 aliphatic carbocycles. The number of hydrogen-bond acceptors (Lipinski definition) is 7. The Kier molecular flexibility index (Phi) is 6.48. The second-order valence-corrected chi connectivity index (χ2v) is 9.91. The normalized spacial score (nSPS) is 17.7. The Labute approximate surface area is 227 Å². The molecule has 1 aliphatic heterocycles. The highest BCUT2D eigenvalue weighted by molar-refractivity contribution is 5.76. The van der Waals surface area contributed by atoms with Crippen LogP contribution in [-0.2, 0) is 22.1 Å². The summed E-state index contributed by atoms with van der Waals surface area (Å²) in [6, 6.07) is 14.8. The van der Waals surface area contributed by atoms with Crippen molar-refractivity contribution < 1.29 is 36.7 Å². The lowest BCUT2D eigenvalue weighted by Crippen LogP contribution is -2.10. The number of aryl methyl sites for hydroxylation is 1. The smallest absolute Gasteiger partial charge is 0.417 e. The summed E-state index contributed by atoms with van der Waals surface area (Å²) in [6.07, 6.45) is -3.75. The fourth-order valence-electron chi connectivity index (χ4n) is 5.50. The zero-order chi connectivity index (χ0) is 28.0. The standard InChI is InChI=1S/C30H25F3N2O5/c1-16-34-29(40-35-16)18-5-3-17(4-6-18)28-23-10-12-25(22(23)9-11-24(28)30(31,32)33)39-20-7-8-21-19(13-27(36)37-2)15-38-26(21)14-20/h3-9,11,14,19,25H,10,12-13,15H2,1-2H3. The summed E-state index contributed by atoms with van der Waals surface area (Å²) in [6.45, 7) is 2.06. The fraction of sp³-hybridized carbons (Fsp3) is 0.300. The van der Waals surface area contributed by atoms with E-state index >= 15 is 0 Å². The number of carbonyl (C=O) groups excluding carboxylic acids is 1. The van der Waals surface area contributed by atoms with E-state index in [-0.39, 0.29) is 23.9 Å². The van der Waals surface area contributed by atoms with Gasteiger partial charge in [-0.15, -0.1) is 0 Å². The van der Waals surface area contributed by atoms with Gasteiger partial charge in [-0.25, -0.2) is 0 Å². The molecule has 6 rings (SSSR count). The van der Waals surface area contributed by atoms with Crippen LogP contribution in [0.3, 0.4) is 0 Å². The number of benzene rings is 3. The third-order valence-electron chi connectivity index (χ3n) is 7.39. The molecule has 0 N–H and O–H groups in total. The first-order valence-corrected chi connectivity index (χ1v) is 12.9. The van der Waals surface area contributed by atoms with Crippen LogP contribution in [0, 0.1) is 6.92 Å². The summed E-state index contributed by atoms with van der Waals surface area (Å²) in [4.78, 5) is 15.9. The topological polar surface area (TPSA) is 83.7 Å². The number of fused-ring (bicyclic) bond motifs is 2. The molecular formula is C30H25F3N2O5. The van der Waals surface area contributed by atoms with E-state index in [0.29, 0.717) is 59.4 Å². The van der Waals surface area contributed by atoms with Crippen LogP contribution < -0.4 is 9.47 Å². The SMILES string of the molecule is COC(=O)CC1COc2cc(OC3CCc4c3ccc(C(F)(F)F)c4-c3ccc(-c4nc(C)no4)cc3)ccc21. The average molecular weight is 551 g/mol. The van der Waals surface area contributed by atoms with Gasteiger partial charge < -0.3 is 18.7 Å². The van der Waals surface area contributed by atoms with Crippen LogP contribution >= 0.6 is 0 Å². The Balaban J connectivity index is 1.30. The second kappa shape index (κ2) is 10.0. The summed E-state index contributed by atoms with van der Waals surface area (Å²) < 4.78 is 64.5. The molecule has 0 radical (unpaired) electrons. The van der Waals surface area contributed by atoms with Crippen LogP contribution in [0.1, 0.15) is 52.9 Å². The first-order valence-electron chi connectivity index (χ1n) is 12.9. The number of esters is 1. The predicted molar refractivity (Wildman–Crippen MR) is 138 cm³/mol. The van der Waals surface area contributed by atoms with Gasteiger partial charge in [0.25, 0.3) is 5.89 Å². The number of hydrogen-bond donors (Lipinski definition) is 0. The molecule has 0 fully saturated rings. The first kappa shape index (κ1) is 25.9. The molecule has 0 bridgehead atoms. The lowest BCUT2D eigenvalue weighted by atomic mass is 9.91. The Morgan fingerprint density at radius 3 is 2.50 bits per heavy atom. The molecule has 206 valence electrons. The first-order chi connectivity index (χ1) is 19.2. The van der Waals surface area contributed by atoms with Gasteiger partial charge in [-0.3, -0.25) is 4.79 Å². The van der Waals surface area contributed by atoms with Crippen LogP contribution in [0.25, 0.3) is 22.6 Å². The molecule has 2 atom stereocenters. The van der Waals surface area contributed by atoms with Gasteiger partial charge in [0.1, 0.15) is 17.6 Å². The quantitative estimate of drug-likeness (QED) is 0.243. The van der Waals surface area contributed by atoms with E-state index in [0.717, 1.165) is 17.2 Å². The van der Waals surface area contributed by atoms with Gasteiger partial charge in [0.05, 0.1) is 25.7 Å². The van der Waals surface area contributed by atoms with Gasteiger partial charge in [0.15, 0.2) is 5.82 Å². The number of methoxy groups -OCH3 is 1. The van der Waals surface area contributed by atoms with Crippen molar-refractivity contribution in [3.63, 3.8) is 0 Å². The van der Waals surface area contributed by atoms with E-state index < -0.39 is 17.8 Å². The van der Waals surface area contributed by atoms with Crippen molar-refractivity contribution in [2.45, 2.75) is 44.4 Å². The molecule has 0 saturated carbocycles. The van der Waals surface area contributed by atoms with Gasteiger partial charge in [-0.2, -0.15) is 18.2 Å². The molecule has 40 heavy (non-hydrogen) atoms. The van der Waals surface area contributed by atoms with Crippen molar-refractivity contribution in [2.24, 2.45) is 0 Å². The predicted octanol–water partition coefficient (Wildman–Crippen LogP) is 6.84. The Morgan fingerprint density at radius 1 is 1.05 bits per heavy atom. The van der Waals surface area contributed by atoms with Crippen molar-refractivity contribution in [2.75, 3.05) is 13.7 Å². The van der Waals surface area contributed by atoms with Crippen LogP contribution in [0.4, 0.5) is 13.2 Å². The Morgan fingerprint density at radius 2 is 1.80 bits per heavy atom. The number of rotatable bonds is 6. The molecule has 0 amide bonds. The summed E-state index contributed by atoms with van der Waals surface area (Å²) in [5, 5.41) is 3.77. The molecule has 0 saturated heterocycles. The molecule has 2 unspecified atom stereocenters. The lowest BCUT2D eigenvalue weighted by molar-refractivity contribution is -0.141. The number of carbonyl (C=O) groups is 1. The van der Waals surface area contributed by atoms with E-state index in [1.54, 1.807) is 43.3 Å². The fourth-order valence-corrected chi connectivity index (χ4v) is 5.50. The highest BCUT2D eigenvalue weighted by Gasteiger charge is 2.38. The highest BCUT2D eigenvalue weighted by Crippen LogP contribution is 2.47. The van der Waals surface area contributed by atoms with Crippen molar-refractivity contribution in [1.82, 2.24) is 10.1 Å². The molecule has 10 heteroatoms. The lowest BCUT2D eigenvalue weighted by Gasteiger charge is -2.20. The van der Waals surface area contributed by atoms with Gasteiger partial charge in [0.2, 0.25) is 0 Å². The zero-order valence-corrected chi connectivity index (χ0v) is 21.7. The molecule has 2 aliphatic rings. The minimum atomic E-state index is -4.52. The second-order valence-electron chi connectivity index (χ2n) is 9.91. The zero-order valence-electron chi connectivity index (χ0n) is 21.7. The third-order valence-corrected chi connectivity index (χ3v) is 7.39. The molecule has 1 aromatic heterocycles. The molecule has 0 spiro atoms. The summed E-state index contributed by atoms with van der Waals surface area (Å²) in [5.74, 6) is 1.56. The number of halogens is 3. The van der Waals surface area contributed by atoms with E-state index in [9.17, 15) is 18.0 Å². The van der Waals surface area contributed by atoms with E-state index in [2.05, 4.69) is 10.1 Å². The summed E-state index contributed by atoms with van der Waals surface area (Å²) >= 11 is 0. The number of nitrogens with zero attached hydrogens (tertiary/aromatic N) is 2. The van der Waals surface area contributed by atoms with Crippen LogP contribution in [0.2, 0.25) is 0 Å². The molecule has 4 aromatic rings. The molecule has 7 nitrogen and oxygen atoms in total. The maximum atomic E-state index is 14.1. The van der Waals surface area contributed by atoms with Crippen LogP contribution in [0.15, 0.2) is 59.1 Å². The van der Waals surface area contributed by atoms with E-state index in [1.807, 2.05) is 6.07 Å². The van der Waals surface area contributed by atoms with Gasteiger partial charge in [0, 0.05) is 23.1 Å². The van der Waals surface area contributed by atoms with Crippen molar-refractivity contribution in [3.8, 4) is 34.1 Å². The van der Waals surface area contributed by atoms with Crippen LogP contribution in [0.5, 0.6) is 11.5 Å². The molecule has 2 heterocycles. The summed E-state index contributed by atoms with van der Waals surface area (Å²) in [5.41, 5.74) is 2.80. The molecule has 3 aromatic carbocycles. The van der Waals surface area contributed by atoms with Gasteiger partial charge in [-0.05, 0) is 66.3 Å². The largest absolute Gasteiger partial charge is 0.492 e. The Hall–Kier alpha value is -4.34. The van der Waals surface area contributed by atoms with Crippen molar-refractivity contribution in [1.29, 1.82) is 0 Å². The van der Waals surface area contributed by atoms with E-state index in [1.165, 1.54) is 13.2 Å². The minimum absolute atomic E-state index is 0.0951. The average Bonchev–Trinajstić information content (AvgIpc) is 3.66. The van der Waals surface area contributed by atoms with Crippen LogP contribution in [-0.4, -0.2) is 29.8 Å². The minimum Gasteiger partial charge on any atom is -0.492 e. The van der Waals surface area contributed by atoms with E-state index in [4.69, 9.17) is 18.7 Å². The van der Waals surface area contributed by atoms with Crippen molar-refractivity contribution >= 4 is 5.97 Å². The highest BCUT2D eigenvalue weighted by atomic mass is 19.4. The van der Waals surface area contributed by atoms with Gasteiger partial charge >= 0.3 is 12.1 Å². The number of aromatic nitrogens is 2. The maximum Gasteiger partial charge on any atom is 0.417 e. The number of ether oxygens (including phenoxy) is 3. The molecular weight excluding hydrogens is 525 g/mol. The summed E-state index contributed by atoms with van der Waals surface area (Å²) in [7, 11) is 1.35. The van der Waals surface area contributed by atoms with Gasteiger partial charge in [-0.1, -0.05) is 29.4 Å². The third kappa shape index (κ3) is 4.78. The monoisotopic (exact) mass is 550 g/mol. The maximum absolute atomic E-state index is 14.1. The number of alkyl halides is 3. The Bertz CT molecular complexity index is 1580. The van der Waals surface area contributed by atoms with Crippen molar-refractivity contribution in [3.05, 3.63) is 82.7 Å².